The summed E-state index contributed by atoms with van der Waals surface area (Å²) >= 11 is 2.86. The topological polar surface area (TPSA) is 91.6 Å². The number of aliphatic hydroxyl groups excluding tert-OH is 1. The molecule has 2 amide bonds. The van der Waals surface area contributed by atoms with E-state index in [4.69, 9.17) is 4.42 Å². The quantitative estimate of drug-likeness (QED) is 0.576. The molecule has 3 aromatic heterocycles. The van der Waals surface area contributed by atoms with Gasteiger partial charge in [-0.05, 0) is 35.7 Å². The number of nitrogens with one attached hydrogen (secondary N) is 2. The van der Waals surface area contributed by atoms with Crippen LogP contribution in [0.1, 0.15) is 26.5 Å². The van der Waals surface area contributed by atoms with Gasteiger partial charge >= 0.3 is 11.8 Å². The predicted molar refractivity (Wildman–Crippen MR) is 95.1 cm³/mol. The Morgan fingerprint density at radius 1 is 1.04 bits per heavy atom. The Hall–Kier alpha value is -2.42. The summed E-state index contributed by atoms with van der Waals surface area (Å²) in [5, 5.41) is 17.2. The first-order chi connectivity index (χ1) is 12.1. The highest BCUT2D eigenvalue weighted by Gasteiger charge is 2.17. The van der Waals surface area contributed by atoms with Crippen molar-refractivity contribution in [2.45, 2.75) is 19.2 Å². The van der Waals surface area contributed by atoms with E-state index in [1.54, 1.807) is 24.3 Å². The molecule has 0 fully saturated rings. The Morgan fingerprint density at radius 3 is 2.44 bits per heavy atom. The van der Waals surface area contributed by atoms with Gasteiger partial charge in [0.05, 0.1) is 19.4 Å². The van der Waals surface area contributed by atoms with Gasteiger partial charge in [0.25, 0.3) is 0 Å². The maximum absolute atomic E-state index is 11.8. The molecule has 0 aliphatic carbocycles. The smallest absolute Gasteiger partial charge is 0.309 e. The second-order valence-corrected chi connectivity index (χ2v) is 7.40. The van der Waals surface area contributed by atoms with Crippen LogP contribution in [0.25, 0.3) is 0 Å². The van der Waals surface area contributed by atoms with Crippen LogP contribution in [0.4, 0.5) is 0 Å². The second kappa shape index (κ2) is 8.11. The zero-order valence-corrected chi connectivity index (χ0v) is 14.7. The second-order valence-electron chi connectivity index (χ2n) is 5.17. The van der Waals surface area contributed by atoms with Crippen LogP contribution in [0.15, 0.2) is 52.5 Å². The molecule has 0 spiro atoms. The largest absolute Gasteiger partial charge is 0.466 e. The minimum Gasteiger partial charge on any atom is -0.466 e. The van der Waals surface area contributed by atoms with Crippen LogP contribution in [0, 0.1) is 0 Å². The van der Waals surface area contributed by atoms with Crippen molar-refractivity contribution in [1.29, 1.82) is 0 Å². The van der Waals surface area contributed by atoms with Crippen molar-refractivity contribution in [1.82, 2.24) is 10.6 Å². The van der Waals surface area contributed by atoms with Gasteiger partial charge in [-0.15, -0.1) is 22.7 Å². The molecule has 6 nitrogen and oxygen atoms in total. The van der Waals surface area contributed by atoms with Crippen molar-refractivity contribution < 1.29 is 19.1 Å². The number of hydrogen-bond donors (Lipinski definition) is 3. The Balaban J connectivity index is 1.48. The molecule has 0 bridgehead atoms. The molecule has 0 saturated heterocycles. The summed E-state index contributed by atoms with van der Waals surface area (Å²) in [6, 6.07) is 10.8. The number of aliphatic hydroxyl groups is 1. The average Bonchev–Trinajstić information content (AvgIpc) is 3.39. The van der Waals surface area contributed by atoms with E-state index in [1.807, 2.05) is 17.5 Å². The predicted octanol–water partition coefficient (Wildman–Crippen LogP) is 2.42. The van der Waals surface area contributed by atoms with Gasteiger partial charge in [0.15, 0.2) is 0 Å². The SMILES string of the molecule is O=C(NCc1cccs1)C(=O)NCc1ccc(C(O)c2ccco2)s1. The van der Waals surface area contributed by atoms with E-state index >= 15 is 0 Å². The van der Waals surface area contributed by atoms with Crippen LogP contribution in [-0.2, 0) is 22.7 Å². The fraction of sp³-hybridized carbons (Fsp3) is 0.176. The molecule has 0 radical (unpaired) electrons. The van der Waals surface area contributed by atoms with Crippen LogP contribution in [0.2, 0.25) is 0 Å². The van der Waals surface area contributed by atoms with Crippen molar-refractivity contribution in [2.24, 2.45) is 0 Å². The molecule has 3 rings (SSSR count). The summed E-state index contributed by atoms with van der Waals surface area (Å²) in [5.41, 5.74) is 0. The molecule has 3 heterocycles. The fourth-order valence-corrected chi connectivity index (χ4v) is 3.72. The van der Waals surface area contributed by atoms with Crippen LogP contribution < -0.4 is 10.6 Å². The number of amides is 2. The minimum atomic E-state index is -0.835. The summed E-state index contributed by atoms with van der Waals surface area (Å²) < 4.78 is 5.18. The van der Waals surface area contributed by atoms with Gasteiger partial charge in [-0.2, -0.15) is 0 Å². The molecule has 25 heavy (non-hydrogen) atoms. The maximum atomic E-state index is 11.8. The summed E-state index contributed by atoms with van der Waals surface area (Å²) in [6.07, 6.45) is 0.667. The van der Waals surface area contributed by atoms with E-state index in [1.165, 1.54) is 28.9 Å². The average molecular weight is 376 g/mol. The normalized spacial score (nSPS) is 11.9. The number of rotatable bonds is 6. The fourth-order valence-electron chi connectivity index (χ4n) is 2.13. The van der Waals surface area contributed by atoms with Crippen molar-refractivity contribution in [3.8, 4) is 0 Å². The third-order valence-electron chi connectivity index (χ3n) is 3.40. The first-order valence-corrected chi connectivity index (χ1v) is 9.21. The summed E-state index contributed by atoms with van der Waals surface area (Å²) in [6.45, 7) is 0.559. The third kappa shape index (κ3) is 4.56. The lowest BCUT2D eigenvalue weighted by atomic mass is 10.2. The standard InChI is InChI=1S/C17H16N2O4S2/c20-15(13-4-1-7-23-13)14-6-5-12(25-14)10-19-17(22)16(21)18-9-11-3-2-8-24-11/h1-8,15,20H,9-10H2,(H,18,21)(H,19,22). The highest BCUT2D eigenvalue weighted by molar-refractivity contribution is 7.12. The molecular weight excluding hydrogens is 360 g/mol. The third-order valence-corrected chi connectivity index (χ3v) is 5.41. The van der Waals surface area contributed by atoms with Gasteiger partial charge in [-0.1, -0.05) is 6.07 Å². The van der Waals surface area contributed by atoms with Crippen molar-refractivity contribution in [2.75, 3.05) is 0 Å². The van der Waals surface area contributed by atoms with Crippen molar-refractivity contribution >= 4 is 34.5 Å². The molecule has 3 aromatic rings. The molecule has 0 saturated carbocycles. The summed E-state index contributed by atoms with van der Waals surface area (Å²) in [5.74, 6) is -0.885. The Morgan fingerprint density at radius 2 is 1.80 bits per heavy atom. The Kier molecular flexibility index (Phi) is 5.64. The molecular formula is C17H16N2O4S2. The molecule has 3 N–H and O–H groups in total. The van der Waals surface area contributed by atoms with Crippen LogP contribution >= 0.6 is 22.7 Å². The zero-order valence-electron chi connectivity index (χ0n) is 13.1. The molecule has 0 aliphatic rings. The van der Waals surface area contributed by atoms with Gasteiger partial charge in [0.2, 0.25) is 0 Å². The molecule has 8 heteroatoms. The highest BCUT2D eigenvalue weighted by atomic mass is 32.1. The van der Waals surface area contributed by atoms with Gasteiger partial charge in [0, 0.05) is 14.6 Å². The Labute approximate surface area is 152 Å². The number of carbonyl (C=O) groups excluding carboxylic acids is 2. The van der Waals surface area contributed by atoms with E-state index in [0.717, 1.165) is 9.75 Å². The monoisotopic (exact) mass is 376 g/mol. The number of thiophene rings is 2. The summed E-state index contributed by atoms with van der Waals surface area (Å²) in [7, 11) is 0. The first kappa shape index (κ1) is 17.4. The molecule has 130 valence electrons. The van der Waals surface area contributed by atoms with E-state index in [9.17, 15) is 14.7 Å². The zero-order chi connectivity index (χ0) is 17.6. The lowest BCUT2D eigenvalue weighted by Gasteiger charge is -2.05. The molecule has 0 aromatic carbocycles. The van der Waals surface area contributed by atoms with Gasteiger partial charge in [0.1, 0.15) is 11.9 Å². The lowest BCUT2D eigenvalue weighted by molar-refractivity contribution is -0.139. The van der Waals surface area contributed by atoms with Crippen LogP contribution in [-0.4, -0.2) is 16.9 Å². The van der Waals surface area contributed by atoms with E-state index in [0.29, 0.717) is 17.2 Å². The van der Waals surface area contributed by atoms with E-state index in [2.05, 4.69) is 10.6 Å². The summed E-state index contributed by atoms with van der Waals surface area (Å²) in [4.78, 5) is 26.1. The number of hydrogen-bond acceptors (Lipinski definition) is 6. The lowest BCUT2D eigenvalue weighted by Crippen LogP contribution is -2.39. The maximum Gasteiger partial charge on any atom is 0.309 e. The van der Waals surface area contributed by atoms with E-state index in [-0.39, 0.29) is 6.54 Å². The van der Waals surface area contributed by atoms with Crippen LogP contribution in [0.3, 0.4) is 0 Å². The number of furan rings is 1. The molecule has 0 aliphatic heterocycles. The molecule has 1 atom stereocenters. The number of carbonyl (C=O) groups is 2. The van der Waals surface area contributed by atoms with Gasteiger partial charge < -0.3 is 20.2 Å². The Bertz CT molecular complexity index is 825. The van der Waals surface area contributed by atoms with Gasteiger partial charge in [-0.3, -0.25) is 9.59 Å². The first-order valence-electron chi connectivity index (χ1n) is 7.52. The highest BCUT2D eigenvalue weighted by Crippen LogP contribution is 2.28. The van der Waals surface area contributed by atoms with Gasteiger partial charge in [-0.25, -0.2) is 0 Å². The van der Waals surface area contributed by atoms with Crippen molar-refractivity contribution in [3.05, 3.63) is 68.4 Å². The minimum absolute atomic E-state index is 0.223. The molecule has 1 unspecified atom stereocenters. The van der Waals surface area contributed by atoms with E-state index < -0.39 is 17.9 Å². The van der Waals surface area contributed by atoms with Crippen molar-refractivity contribution in [3.63, 3.8) is 0 Å². The van der Waals surface area contributed by atoms with Crippen LogP contribution in [0.5, 0.6) is 0 Å².